The predicted octanol–water partition coefficient (Wildman–Crippen LogP) is 14.2. The highest BCUT2D eigenvalue weighted by Crippen LogP contribution is 2.45. The molecule has 2 aromatic carbocycles. The van der Waals surface area contributed by atoms with Crippen molar-refractivity contribution in [3.63, 3.8) is 0 Å². The van der Waals surface area contributed by atoms with Crippen LogP contribution in [0, 0.1) is 24.7 Å². The number of hydrogen-bond acceptors (Lipinski definition) is 6. The molecular weight excluding hydrogens is 793 g/mol. The summed E-state index contributed by atoms with van der Waals surface area (Å²) < 4.78 is 25.3. The van der Waals surface area contributed by atoms with E-state index in [0.29, 0.717) is 26.4 Å². The lowest BCUT2D eigenvalue weighted by Crippen LogP contribution is -2.33. The molecule has 334 valence electrons. The number of aromatic amines is 2. The fourth-order valence-corrected chi connectivity index (χ4v) is 10.3. The number of aryl methyl sites for hydroxylation is 4. The fraction of sp³-hybridized carbons (Fsp3) is 0.429. The highest BCUT2D eigenvalue weighted by molar-refractivity contribution is 6.03. The van der Waals surface area contributed by atoms with E-state index in [2.05, 4.69) is 154 Å². The largest absolute Gasteiger partial charge is 0.354 e. The fourth-order valence-electron chi connectivity index (χ4n) is 10.3. The monoisotopic (exact) mass is 859 g/mol. The second kappa shape index (κ2) is 17.0. The Kier molecular flexibility index (Phi) is 11.7. The third-order valence-corrected chi connectivity index (χ3v) is 13.9. The lowest BCUT2D eigenvalue weighted by Gasteiger charge is -2.34. The highest BCUT2D eigenvalue weighted by Gasteiger charge is 2.32. The van der Waals surface area contributed by atoms with Gasteiger partial charge in [0.1, 0.15) is 0 Å². The Morgan fingerprint density at radius 1 is 0.531 bits per heavy atom. The summed E-state index contributed by atoms with van der Waals surface area (Å²) in [5, 5.41) is 0. The predicted molar refractivity (Wildman–Crippen MR) is 263 cm³/mol. The SMILES string of the molecule is CCC1=C(C)c2nc1cc1[nH]c(c(C)c1CC)c(-c1cccc(C3OCC(C)(C)CO3)c1)c1[nH]c(cc3nc(c2-c2cccc(C4OCC(C)(C)CO4)c2)C(C)=C3CC)c(CC)c1C. The molecule has 8 heteroatoms. The quantitative estimate of drug-likeness (QED) is 0.161. The summed E-state index contributed by atoms with van der Waals surface area (Å²) in [7, 11) is 0. The van der Waals surface area contributed by atoms with Gasteiger partial charge in [0, 0.05) is 44.1 Å². The molecule has 64 heavy (non-hydrogen) atoms. The zero-order valence-corrected chi connectivity index (χ0v) is 40.1. The van der Waals surface area contributed by atoms with Gasteiger partial charge in [-0.15, -0.1) is 0 Å². The van der Waals surface area contributed by atoms with E-state index in [4.69, 9.17) is 28.9 Å². The van der Waals surface area contributed by atoms with E-state index in [0.717, 1.165) is 104 Å². The molecule has 7 heterocycles. The summed E-state index contributed by atoms with van der Waals surface area (Å²) in [4.78, 5) is 19.3. The number of benzene rings is 2. The van der Waals surface area contributed by atoms with Crippen molar-refractivity contribution in [1.29, 1.82) is 0 Å². The van der Waals surface area contributed by atoms with E-state index in [1.54, 1.807) is 0 Å². The van der Waals surface area contributed by atoms with Gasteiger partial charge in [-0.1, -0.05) is 91.8 Å². The van der Waals surface area contributed by atoms with E-state index < -0.39 is 12.6 Å². The Morgan fingerprint density at radius 3 is 1.30 bits per heavy atom. The Morgan fingerprint density at radius 2 is 0.922 bits per heavy atom. The van der Waals surface area contributed by atoms with E-state index >= 15 is 0 Å². The Labute approximate surface area is 379 Å². The van der Waals surface area contributed by atoms with E-state index in [1.807, 2.05) is 0 Å². The first-order valence-electron chi connectivity index (χ1n) is 23.5. The summed E-state index contributed by atoms with van der Waals surface area (Å²) in [5.41, 5.74) is 24.4. The van der Waals surface area contributed by atoms with Gasteiger partial charge < -0.3 is 28.9 Å². The van der Waals surface area contributed by atoms with Crippen LogP contribution in [0.4, 0.5) is 0 Å². The molecule has 8 bridgehead atoms. The van der Waals surface area contributed by atoms with Crippen LogP contribution in [0.1, 0.15) is 151 Å². The second-order valence-electron chi connectivity index (χ2n) is 19.9. The molecule has 0 atom stereocenters. The number of fused-ring (bicyclic) bond motifs is 8. The minimum absolute atomic E-state index is 0.0234. The standard InChI is InChI=1S/C56H66N4O4/c1-13-39-31(5)49-47(35-19-17-21-37(23-35)53-61-27-55(9,10)28-62-53)50-33(7)41(15-3)45(59-50)26-46-42(16-4)34(8)52(60-46)48(51-32(6)40(14-2)44(58-51)25-43(39)57-49)36-20-18-22-38(24-36)54-63-29-56(11,12)30-64-54/h17-26,53-54,57,59H,13-16,27-30H2,1-12H3. The van der Waals surface area contributed by atoms with Gasteiger partial charge in [-0.3, -0.25) is 0 Å². The number of ether oxygens (including phenoxy) is 4. The van der Waals surface area contributed by atoms with Crippen LogP contribution in [0.15, 0.2) is 60.7 Å². The first-order chi connectivity index (χ1) is 30.6. The van der Waals surface area contributed by atoms with Crippen LogP contribution in [0.3, 0.4) is 0 Å². The summed E-state index contributed by atoms with van der Waals surface area (Å²) in [6.07, 6.45) is 2.55. The summed E-state index contributed by atoms with van der Waals surface area (Å²) >= 11 is 0. The lowest BCUT2D eigenvalue weighted by molar-refractivity contribution is -0.226. The van der Waals surface area contributed by atoms with Crippen LogP contribution in [-0.4, -0.2) is 46.4 Å². The number of aromatic nitrogens is 4. The van der Waals surface area contributed by atoms with Crippen LogP contribution in [0.25, 0.3) is 66.6 Å². The number of hydrogen-bond donors (Lipinski definition) is 2. The van der Waals surface area contributed by atoms with Crippen molar-refractivity contribution in [2.45, 2.75) is 121 Å². The molecule has 0 unspecified atom stereocenters. The second-order valence-corrected chi connectivity index (χ2v) is 19.9. The van der Waals surface area contributed by atoms with Gasteiger partial charge in [0.15, 0.2) is 12.6 Å². The van der Waals surface area contributed by atoms with Crippen molar-refractivity contribution < 1.29 is 18.9 Å². The summed E-state index contributed by atoms with van der Waals surface area (Å²) in [5.74, 6) is 0. The zero-order chi connectivity index (χ0) is 45.2. The molecule has 0 amide bonds. The number of rotatable bonds is 8. The maximum Gasteiger partial charge on any atom is 0.183 e. The van der Waals surface area contributed by atoms with Crippen molar-refractivity contribution in [3.05, 3.63) is 117 Å². The third kappa shape index (κ3) is 7.80. The van der Waals surface area contributed by atoms with Crippen LogP contribution >= 0.6 is 0 Å². The molecule has 0 spiro atoms. The topological polar surface area (TPSA) is 94.3 Å². The molecule has 0 aliphatic carbocycles. The van der Waals surface area contributed by atoms with Crippen molar-refractivity contribution in [2.75, 3.05) is 26.4 Å². The Balaban J connectivity index is 1.38. The normalized spacial score (nSPS) is 18.1. The van der Waals surface area contributed by atoms with Gasteiger partial charge >= 0.3 is 0 Å². The molecule has 4 aliphatic rings. The van der Waals surface area contributed by atoms with Gasteiger partial charge in [-0.2, -0.15) is 0 Å². The number of nitrogens with zero attached hydrogens (tertiary/aromatic N) is 2. The van der Waals surface area contributed by atoms with Crippen LogP contribution in [-0.2, 0) is 31.8 Å². The van der Waals surface area contributed by atoms with Crippen LogP contribution < -0.4 is 0 Å². The van der Waals surface area contributed by atoms with Gasteiger partial charge in [0.2, 0.25) is 0 Å². The molecule has 2 fully saturated rings. The first-order valence-corrected chi connectivity index (χ1v) is 23.5. The van der Waals surface area contributed by atoms with Gasteiger partial charge in [0.25, 0.3) is 0 Å². The Bertz CT molecular complexity index is 2760. The number of allylic oxidation sites excluding steroid dienone is 4. The molecule has 5 aromatic rings. The van der Waals surface area contributed by atoms with Crippen molar-refractivity contribution in [1.82, 2.24) is 19.9 Å². The van der Waals surface area contributed by atoms with E-state index in [1.165, 1.54) is 44.5 Å². The zero-order valence-electron chi connectivity index (χ0n) is 40.1. The highest BCUT2D eigenvalue weighted by atomic mass is 16.7. The van der Waals surface area contributed by atoms with Gasteiger partial charge in [0.05, 0.1) is 60.2 Å². The van der Waals surface area contributed by atoms with Crippen LogP contribution in [0.5, 0.6) is 0 Å². The molecule has 4 aliphatic heterocycles. The number of nitrogens with one attached hydrogen (secondary N) is 2. The lowest BCUT2D eigenvalue weighted by atomic mass is 9.92. The molecule has 0 saturated carbocycles. The molecule has 3 aromatic heterocycles. The summed E-state index contributed by atoms with van der Waals surface area (Å²) in [6, 6.07) is 22.0. The Hall–Kier alpha value is -5.12. The molecule has 8 nitrogen and oxygen atoms in total. The van der Waals surface area contributed by atoms with Crippen molar-refractivity contribution in [2.24, 2.45) is 10.8 Å². The minimum atomic E-state index is -0.437. The van der Waals surface area contributed by atoms with Crippen molar-refractivity contribution >= 4 is 44.4 Å². The number of H-pyrrole nitrogens is 2. The molecule has 2 saturated heterocycles. The first kappa shape index (κ1) is 44.1. The average molecular weight is 859 g/mol. The third-order valence-electron chi connectivity index (χ3n) is 13.9. The minimum Gasteiger partial charge on any atom is -0.354 e. The van der Waals surface area contributed by atoms with E-state index in [9.17, 15) is 0 Å². The maximum atomic E-state index is 6.34. The molecular formula is C56H66N4O4. The van der Waals surface area contributed by atoms with Crippen molar-refractivity contribution in [3.8, 4) is 22.3 Å². The molecule has 0 radical (unpaired) electrons. The van der Waals surface area contributed by atoms with E-state index in [-0.39, 0.29) is 10.8 Å². The molecule has 2 N–H and O–H groups in total. The average Bonchev–Trinajstić information content (AvgIpc) is 3.96. The summed E-state index contributed by atoms with van der Waals surface area (Å²) in [6.45, 7) is 29.3. The smallest absolute Gasteiger partial charge is 0.183 e. The molecule has 9 rings (SSSR count). The maximum absolute atomic E-state index is 6.34. The van der Waals surface area contributed by atoms with Gasteiger partial charge in [-0.05, 0) is 133 Å². The van der Waals surface area contributed by atoms with Gasteiger partial charge in [-0.25, -0.2) is 9.97 Å². The van der Waals surface area contributed by atoms with Crippen LogP contribution in [0.2, 0.25) is 0 Å².